The Morgan fingerprint density at radius 2 is 2.19 bits per heavy atom. The van der Waals surface area contributed by atoms with Crippen molar-refractivity contribution in [3.05, 3.63) is 58.1 Å². The molecule has 0 amide bonds. The maximum atomic E-state index is 13.3. The highest BCUT2D eigenvalue weighted by Crippen LogP contribution is 2.28. The van der Waals surface area contributed by atoms with Crippen LogP contribution in [0.2, 0.25) is 0 Å². The smallest absolute Gasteiger partial charge is 0.124 e. The minimum absolute atomic E-state index is 0.0615. The normalized spacial score (nSPS) is 12.3. The number of hydrogen-bond acceptors (Lipinski definition) is 3. The van der Waals surface area contributed by atoms with E-state index in [1.165, 1.54) is 12.1 Å². The summed E-state index contributed by atoms with van der Waals surface area (Å²) in [4.78, 5) is 4.13. The van der Waals surface area contributed by atoms with Gasteiger partial charge in [0.15, 0.2) is 0 Å². The fourth-order valence-corrected chi connectivity index (χ4v) is 2.85. The van der Waals surface area contributed by atoms with E-state index in [2.05, 4.69) is 33.2 Å². The molecule has 1 aromatic carbocycles. The molecule has 0 bridgehead atoms. The number of pyridine rings is 1. The highest BCUT2D eigenvalue weighted by molar-refractivity contribution is 9.10. The molecule has 0 saturated heterocycles. The van der Waals surface area contributed by atoms with E-state index in [9.17, 15) is 4.39 Å². The molecule has 112 valence electrons. The molecule has 1 unspecified atom stereocenters. The molecule has 0 saturated carbocycles. The van der Waals surface area contributed by atoms with Crippen LogP contribution >= 0.6 is 15.9 Å². The van der Waals surface area contributed by atoms with Crippen LogP contribution in [-0.2, 0) is 6.42 Å². The second-order valence-electron chi connectivity index (χ2n) is 4.95. The summed E-state index contributed by atoms with van der Waals surface area (Å²) in [5, 5.41) is 3.49. The second-order valence-corrected chi connectivity index (χ2v) is 5.81. The lowest BCUT2D eigenvalue weighted by Gasteiger charge is -2.21. The van der Waals surface area contributed by atoms with Gasteiger partial charge in [0.05, 0.1) is 0 Å². The van der Waals surface area contributed by atoms with Gasteiger partial charge in [0.1, 0.15) is 5.82 Å². The molecule has 3 nitrogen and oxygen atoms in total. The molecule has 0 fully saturated rings. The molecule has 1 atom stereocenters. The van der Waals surface area contributed by atoms with E-state index >= 15 is 0 Å². The number of nitrogen functional groups attached to an aromatic ring is 1. The van der Waals surface area contributed by atoms with Gasteiger partial charge in [0, 0.05) is 28.6 Å². The number of hydrogen-bond donors (Lipinski definition) is 2. The molecule has 0 radical (unpaired) electrons. The molecule has 21 heavy (non-hydrogen) atoms. The third-order valence-electron chi connectivity index (χ3n) is 3.34. The predicted molar refractivity (Wildman–Crippen MR) is 87.5 cm³/mol. The number of nitrogens with zero attached hydrogens (tertiary/aromatic N) is 1. The summed E-state index contributed by atoms with van der Waals surface area (Å²) >= 11 is 3.44. The summed E-state index contributed by atoms with van der Waals surface area (Å²) < 4.78 is 14.0. The zero-order chi connectivity index (χ0) is 15.2. The molecule has 0 aliphatic heterocycles. The Hall–Kier alpha value is -1.46. The van der Waals surface area contributed by atoms with Crippen molar-refractivity contribution in [1.29, 1.82) is 0 Å². The van der Waals surface area contributed by atoms with Crippen LogP contribution in [0.15, 0.2) is 41.1 Å². The van der Waals surface area contributed by atoms with Crippen molar-refractivity contribution in [2.75, 3.05) is 12.3 Å². The van der Waals surface area contributed by atoms with E-state index in [-0.39, 0.29) is 11.9 Å². The maximum Gasteiger partial charge on any atom is 0.124 e. The van der Waals surface area contributed by atoms with Crippen LogP contribution in [0.4, 0.5) is 10.1 Å². The van der Waals surface area contributed by atoms with Gasteiger partial charge in [-0.3, -0.25) is 4.98 Å². The maximum absolute atomic E-state index is 13.3. The Balaban J connectivity index is 2.27. The van der Waals surface area contributed by atoms with E-state index in [1.807, 2.05) is 0 Å². The van der Waals surface area contributed by atoms with Crippen LogP contribution in [0.1, 0.15) is 30.5 Å². The fraction of sp³-hybridized carbons (Fsp3) is 0.312. The minimum atomic E-state index is -0.249. The summed E-state index contributed by atoms with van der Waals surface area (Å²) in [6.07, 6.45) is 5.20. The number of anilines is 1. The Morgan fingerprint density at radius 1 is 1.38 bits per heavy atom. The van der Waals surface area contributed by atoms with Gasteiger partial charge in [-0.2, -0.15) is 0 Å². The van der Waals surface area contributed by atoms with Crippen LogP contribution in [0.5, 0.6) is 0 Å². The van der Waals surface area contributed by atoms with Crippen LogP contribution in [0, 0.1) is 5.82 Å². The van der Waals surface area contributed by atoms with Crippen molar-refractivity contribution < 1.29 is 4.39 Å². The van der Waals surface area contributed by atoms with E-state index in [4.69, 9.17) is 5.73 Å². The van der Waals surface area contributed by atoms with Crippen molar-refractivity contribution in [2.45, 2.75) is 25.8 Å². The van der Waals surface area contributed by atoms with Crippen LogP contribution in [-0.4, -0.2) is 11.5 Å². The van der Waals surface area contributed by atoms with Gasteiger partial charge in [-0.15, -0.1) is 0 Å². The molecule has 0 aliphatic rings. The molecule has 0 aliphatic carbocycles. The molecule has 3 N–H and O–H groups in total. The number of nitrogens with two attached hydrogens (primary N) is 1. The first-order valence-corrected chi connectivity index (χ1v) is 7.77. The minimum Gasteiger partial charge on any atom is -0.398 e. The van der Waals surface area contributed by atoms with Crippen LogP contribution in [0.3, 0.4) is 0 Å². The summed E-state index contributed by atoms with van der Waals surface area (Å²) in [7, 11) is 0. The van der Waals surface area contributed by atoms with Gasteiger partial charge >= 0.3 is 0 Å². The third kappa shape index (κ3) is 4.25. The van der Waals surface area contributed by atoms with Crippen molar-refractivity contribution in [2.24, 2.45) is 0 Å². The number of aromatic nitrogens is 1. The van der Waals surface area contributed by atoms with E-state index in [1.54, 1.807) is 24.5 Å². The average molecular weight is 352 g/mol. The summed E-state index contributed by atoms with van der Waals surface area (Å²) in [5.74, 6) is -0.249. The van der Waals surface area contributed by atoms with Crippen LogP contribution in [0.25, 0.3) is 0 Å². The Morgan fingerprint density at radius 3 is 2.86 bits per heavy atom. The number of nitrogens with one attached hydrogen (secondary N) is 1. The SMILES string of the molecule is CCCNC(Cc1cnccc1N)c1ccc(F)cc1Br. The molecular formula is C16H19BrFN3. The monoisotopic (exact) mass is 351 g/mol. The lowest BCUT2D eigenvalue weighted by atomic mass is 9.98. The molecule has 0 spiro atoms. The molecule has 1 aromatic heterocycles. The number of rotatable bonds is 6. The lowest BCUT2D eigenvalue weighted by molar-refractivity contribution is 0.525. The number of halogens is 2. The third-order valence-corrected chi connectivity index (χ3v) is 4.03. The van der Waals surface area contributed by atoms with Gasteiger partial charge in [0.2, 0.25) is 0 Å². The standard InChI is InChI=1S/C16H19BrFN3/c1-2-6-21-16(8-11-10-20-7-5-15(11)19)13-4-3-12(18)9-14(13)17/h3-5,7,9-10,16,21H,2,6,8H2,1H3,(H2,19,20). The fourth-order valence-electron chi connectivity index (χ4n) is 2.22. The molecular weight excluding hydrogens is 333 g/mol. The van der Waals surface area contributed by atoms with E-state index in [0.717, 1.165) is 34.3 Å². The summed E-state index contributed by atoms with van der Waals surface area (Å²) in [6.45, 7) is 3.00. The van der Waals surface area contributed by atoms with E-state index in [0.29, 0.717) is 6.42 Å². The highest BCUT2D eigenvalue weighted by Gasteiger charge is 2.16. The van der Waals surface area contributed by atoms with Gasteiger partial charge in [-0.05, 0) is 48.7 Å². The average Bonchev–Trinajstić information content (AvgIpc) is 2.46. The predicted octanol–water partition coefficient (Wildman–Crippen LogP) is 3.85. The number of benzene rings is 1. The molecule has 1 heterocycles. The summed E-state index contributed by atoms with van der Waals surface area (Å²) in [6, 6.07) is 6.63. The molecule has 2 aromatic rings. The second kappa shape index (κ2) is 7.52. The Labute approximate surface area is 132 Å². The first-order chi connectivity index (χ1) is 10.1. The highest BCUT2D eigenvalue weighted by atomic mass is 79.9. The molecule has 2 rings (SSSR count). The van der Waals surface area contributed by atoms with Crippen molar-refractivity contribution in [3.63, 3.8) is 0 Å². The van der Waals surface area contributed by atoms with Crippen molar-refractivity contribution in [3.8, 4) is 0 Å². The topological polar surface area (TPSA) is 50.9 Å². The lowest BCUT2D eigenvalue weighted by Crippen LogP contribution is -2.25. The van der Waals surface area contributed by atoms with E-state index < -0.39 is 0 Å². The first-order valence-electron chi connectivity index (χ1n) is 6.98. The van der Waals surface area contributed by atoms with Gasteiger partial charge in [0.25, 0.3) is 0 Å². The quantitative estimate of drug-likeness (QED) is 0.830. The molecule has 5 heteroatoms. The summed E-state index contributed by atoms with van der Waals surface area (Å²) in [5.41, 5.74) is 8.74. The van der Waals surface area contributed by atoms with Crippen molar-refractivity contribution in [1.82, 2.24) is 10.3 Å². The largest absolute Gasteiger partial charge is 0.398 e. The van der Waals surface area contributed by atoms with Gasteiger partial charge in [-0.1, -0.05) is 28.9 Å². The zero-order valence-electron chi connectivity index (χ0n) is 11.9. The van der Waals surface area contributed by atoms with Gasteiger partial charge in [-0.25, -0.2) is 4.39 Å². The first kappa shape index (κ1) is 15.9. The van der Waals surface area contributed by atoms with Gasteiger partial charge < -0.3 is 11.1 Å². The van der Waals surface area contributed by atoms with Crippen molar-refractivity contribution >= 4 is 21.6 Å². The Bertz CT molecular complexity index is 604. The van der Waals surface area contributed by atoms with Crippen LogP contribution < -0.4 is 11.1 Å². The zero-order valence-corrected chi connectivity index (χ0v) is 13.5. The Kier molecular flexibility index (Phi) is 5.70.